The highest BCUT2D eigenvalue weighted by Crippen LogP contribution is 2.43. The highest BCUT2D eigenvalue weighted by atomic mass is 16.8. The van der Waals surface area contributed by atoms with Gasteiger partial charge >= 0.3 is 17.9 Å². The zero-order valence-electron chi connectivity index (χ0n) is 27.4. The number of esters is 3. The number of hydrogen-bond donors (Lipinski definition) is 1. The molecule has 0 aromatic heterocycles. The van der Waals surface area contributed by atoms with E-state index < -0.39 is 72.2 Å². The molecule has 0 bridgehead atoms. The van der Waals surface area contributed by atoms with Crippen molar-refractivity contribution >= 4 is 17.9 Å². The first-order chi connectivity index (χ1) is 20.8. The number of aliphatic hydroxyl groups is 1. The minimum Gasteiger partial charge on any atom is -0.465 e. The molecule has 2 saturated heterocycles. The average Bonchev–Trinajstić information content (AvgIpc) is 3.00. The standard InChI is InChI=1S/C33H50O11/c1-10-26(42-23(7)34)30(43-24(8)35)29-20(4)21(5)31(36)33(44-29,32(37)38-9)40-17-27-28(19(3)18(2)22(6)41-27)39-16-25-14-12-11-13-15-25/h11-15,18-22,26-31,36H,10,16-17H2,1-9H3/t18?,19-,20-,21+,22+,26-,27?,28-,29?,30-,31?,33-/m1/s1. The summed E-state index contributed by atoms with van der Waals surface area (Å²) in [6.07, 6.45) is -5.25. The van der Waals surface area contributed by atoms with Gasteiger partial charge in [0.1, 0.15) is 24.4 Å². The second kappa shape index (κ2) is 15.6. The SMILES string of the molecule is CC[C@@H](OC(C)=O)[C@@H](OC(C)=O)C1O[C@@](OCC2O[C@@H](C)C(C)[C@@H](C)[C@H]2OCc2ccccc2)(C(=O)OC)C(O)[C@@H](C)[C@H]1C. The molecular formula is C33H50O11. The van der Waals surface area contributed by atoms with E-state index in [0.29, 0.717) is 13.0 Å². The van der Waals surface area contributed by atoms with Crippen LogP contribution in [0.4, 0.5) is 0 Å². The van der Waals surface area contributed by atoms with Crippen LogP contribution in [0.5, 0.6) is 0 Å². The maximum absolute atomic E-state index is 13.5. The van der Waals surface area contributed by atoms with Crippen LogP contribution in [0.2, 0.25) is 0 Å². The van der Waals surface area contributed by atoms with E-state index in [4.69, 9.17) is 33.2 Å². The lowest BCUT2D eigenvalue weighted by Crippen LogP contribution is -2.68. The van der Waals surface area contributed by atoms with Crippen molar-refractivity contribution < 1.29 is 52.6 Å². The fraction of sp³-hybridized carbons (Fsp3) is 0.727. The summed E-state index contributed by atoms with van der Waals surface area (Å²) >= 11 is 0. The molecule has 2 heterocycles. The van der Waals surface area contributed by atoms with E-state index >= 15 is 0 Å². The summed E-state index contributed by atoms with van der Waals surface area (Å²) in [4.78, 5) is 37.6. The van der Waals surface area contributed by atoms with Gasteiger partial charge in [-0.1, -0.05) is 65.0 Å². The molecule has 1 N–H and O–H groups in total. The molecule has 4 unspecified atom stereocenters. The first-order valence-electron chi connectivity index (χ1n) is 15.5. The molecule has 2 fully saturated rings. The Kier molecular flexibility index (Phi) is 12.7. The molecule has 3 rings (SSSR count). The topological polar surface area (TPSA) is 136 Å². The van der Waals surface area contributed by atoms with Crippen LogP contribution in [-0.2, 0) is 54.1 Å². The van der Waals surface area contributed by atoms with E-state index in [2.05, 4.69) is 13.8 Å². The summed E-state index contributed by atoms with van der Waals surface area (Å²) in [5.41, 5.74) is 1.00. The van der Waals surface area contributed by atoms with Crippen molar-refractivity contribution in [3.63, 3.8) is 0 Å². The Morgan fingerprint density at radius 3 is 2.14 bits per heavy atom. The number of ether oxygens (including phenoxy) is 7. The van der Waals surface area contributed by atoms with Crippen molar-refractivity contribution in [2.24, 2.45) is 23.7 Å². The van der Waals surface area contributed by atoms with Crippen molar-refractivity contribution in [2.45, 2.75) is 117 Å². The number of methoxy groups -OCH3 is 1. The molecule has 44 heavy (non-hydrogen) atoms. The summed E-state index contributed by atoms with van der Waals surface area (Å²) < 4.78 is 41.7. The van der Waals surface area contributed by atoms with E-state index in [9.17, 15) is 19.5 Å². The van der Waals surface area contributed by atoms with Crippen LogP contribution in [0.3, 0.4) is 0 Å². The van der Waals surface area contributed by atoms with E-state index in [0.717, 1.165) is 5.56 Å². The van der Waals surface area contributed by atoms with E-state index in [1.807, 2.05) is 37.3 Å². The highest BCUT2D eigenvalue weighted by Gasteiger charge is 2.61. The number of rotatable bonds is 12. The summed E-state index contributed by atoms with van der Waals surface area (Å²) in [7, 11) is 1.17. The second-order valence-corrected chi connectivity index (χ2v) is 12.2. The molecule has 1 aromatic carbocycles. The third kappa shape index (κ3) is 7.98. The third-order valence-corrected chi connectivity index (χ3v) is 9.32. The van der Waals surface area contributed by atoms with E-state index in [1.165, 1.54) is 21.0 Å². The molecule has 0 saturated carbocycles. The van der Waals surface area contributed by atoms with Gasteiger partial charge in [0.15, 0.2) is 6.10 Å². The van der Waals surface area contributed by atoms with Gasteiger partial charge in [-0.15, -0.1) is 0 Å². The van der Waals surface area contributed by atoms with Crippen LogP contribution in [-0.4, -0.2) is 85.2 Å². The number of hydrogen-bond acceptors (Lipinski definition) is 11. The normalized spacial score (nSPS) is 35.3. The lowest BCUT2D eigenvalue weighted by molar-refractivity contribution is -0.355. The molecule has 0 spiro atoms. The quantitative estimate of drug-likeness (QED) is 0.269. The van der Waals surface area contributed by atoms with Crippen molar-refractivity contribution in [1.29, 1.82) is 0 Å². The number of aliphatic hydroxyl groups excluding tert-OH is 1. The minimum atomic E-state index is -2.29. The van der Waals surface area contributed by atoms with Gasteiger partial charge in [0, 0.05) is 13.8 Å². The first kappa shape index (κ1) is 35.9. The first-order valence-corrected chi connectivity index (χ1v) is 15.5. The van der Waals surface area contributed by atoms with Crippen molar-refractivity contribution in [3.05, 3.63) is 35.9 Å². The maximum Gasteiger partial charge on any atom is 0.369 e. The third-order valence-electron chi connectivity index (χ3n) is 9.32. The van der Waals surface area contributed by atoms with Gasteiger partial charge in [0.05, 0.1) is 32.5 Å². The minimum absolute atomic E-state index is 0.0800. The molecule has 0 amide bonds. The van der Waals surface area contributed by atoms with Crippen molar-refractivity contribution in [2.75, 3.05) is 13.7 Å². The molecule has 11 nitrogen and oxygen atoms in total. The molecule has 248 valence electrons. The van der Waals surface area contributed by atoms with Gasteiger partial charge in [0.25, 0.3) is 5.79 Å². The van der Waals surface area contributed by atoms with Gasteiger partial charge in [-0.05, 0) is 42.6 Å². The molecule has 12 atom stereocenters. The lowest BCUT2D eigenvalue weighted by atomic mass is 9.77. The number of carbonyl (C=O) groups excluding carboxylic acids is 3. The Morgan fingerprint density at radius 1 is 0.932 bits per heavy atom. The van der Waals surface area contributed by atoms with Crippen LogP contribution < -0.4 is 0 Å². The molecule has 0 radical (unpaired) electrons. The molecular weight excluding hydrogens is 572 g/mol. The summed E-state index contributed by atoms with van der Waals surface area (Å²) in [5.74, 6) is -5.20. The summed E-state index contributed by atoms with van der Waals surface area (Å²) in [5, 5.41) is 11.6. The summed E-state index contributed by atoms with van der Waals surface area (Å²) in [6.45, 7) is 14.2. The van der Waals surface area contributed by atoms with Crippen LogP contribution in [0, 0.1) is 23.7 Å². The Balaban J connectivity index is 1.95. The molecule has 0 aliphatic carbocycles. The highest BCUT2D eigenvalue weighted by molar-refractivity contribution is 5.79. The number of carbonyl (C=O) groups is 3. The van der Waals surface area contributed by atoms with Gasteiger partial charge in [-0.25, -0.2) is 4.79 Å². The van der Waals surface area contributed by atoms with Gasteiger partial charge < -0.3 is 38.3 Å². The van der Waals surface area contributed by atoms with Crippen molar-refractivity contribution in [1.82, 2.24) is 0 Å². The predicted octanol–water partition coefficient (Wildman–Crippen LogP) is 3.82. The van der Waals surface area contributed by atoms with Gasteiger partial charge in [-0.2, -0.15) is 0 Å². The van der Waals surface area contributed by atoms with E-state index in [-0.39, 0.29) is 24.5 Å². The fourth-order valence-corrected chi connectivity index (χ4v) is 6.22. The Labute approximate surface area is 260 Å². The monoisotopic (exact) mass is 622 g/mol. The smallest absolute Gasteiger partial charge is 0.369 e. The van der Waals surface area contributed by atoms with Gasteiger partial charge in [-0.3, -0.25) is 9.59 Å². The Morgan fingerprint density at radius 2 is 1.57 bits per heavy atom. The van der Waals surface area contributed by atoms with Crippen LogP contribution >= 0.6 is 0 Å². The second-order valence-electron chi connectivity index (χ2n) is 12.2. The van der Waals surface area contributed by atoms with Gasteiger partial charge in [0.2, 0.25) is 0 Å². The van der Waals surface area contributed by atoms with Crippen LogP contribution in [0.15, 0.2) is 30.3 Å². The molecule has 1 aromatic rings. The van der Waals surface area contributed by atoms with Crippen molar-refractivity contribution in [3.8, 4) is 0 Å². The number of benzene rings is 1. The predicted molar refractivity (Wildman–Crippen MR) is 159 cm³/mol. The zero-order chi connectivity index (χ0) is 32.8. The lowest BCUT2D eigenvalue weighted by Gasteiger charge is -2.51. The largest absolute Gasteiger partial charge is 0.465 e. The van der Waals surface area contributed by atoms with E-state index in [1.54, 1.807) is 20.8 Å². The molecule has 2 aliphatic rings. The fourth-order valence-electron chi connectivity index (χ4n) is 6.22. The Hall–Kier alpha value is -2.57. The Bertz CT molecular complexity index is 1100. The zero-order valence-corrected chi connectivity index (χ0v) is 27.4. The molecule has 11 heteroatoms. The average molecular weight is 623 g/mol. The van der Waals surface area contributed by atoms with Crippen LogP contribution in [0.25, 0.3) is 0 Å². The molecule has 2 aliphatic heterocycles. The van der Waals surface area contributed by atoms with Crippen LogP contribution in [0.1, 0.15) is 67.4 Å². The maximum atomic E-state index is 13.5. The summed E-state index contributed by atoms with van der Waals surface area (Å²) in [6, 6.07) is 9.78.